The maximum atomic E-state index is 12.5. The largest absolute Gasteiger partial charge is 0.387 e. The van der Waals surface area contributed by atoms with Crippen molar-refractivity contribution in [1.29, 1.82) is 0 Å². The van der Waals surface area contributed by atoms with Crippen LogP contribution in [-0.4, -0.2) is 39.0 Å². The van der Waals surface area contributed by atoms with Crippen LogP contribution in [0, 0.1) is 19.8 Å². The van der Waals surface area contributed by atoms with Crippen LogP contribution in [0.1, 0.15) is 40.9 Å². The fourth-order valence-electron chi connectivity index (χ4n) is 3.38. The maximum absolute atomic E-state index is 12.5. The number of thiophene rings is 1. The first kappa shape index (κ1) is 17.8. The quantitative estimate of drug-likeness (QED) is 0.872. The van der Waals surface area contributed by atoms with Gasteiger partial charge in [0.1, 0.15) is 5.82 Å². The Labute approximate surface area is 150 Å². The van der Waals surface area contributed by atoms with E-state index in [-0.39, 0.29) is 23.8 Å². The normalized spacial score (nSPS) is 16.8. The lowest BCUT2D eigenvalue weighted by Gasteiger charge is -2.34. The number of piperidine rings is 1. The lowest BCUT2D eigenvalue weighted by Crippen LogP contribution is -2.41. The fraction of sp³-hybridized carbons (Fsp3) is 0.500. The zero-order chi connectivity index (χ0) is 18.0. The minimum absolute atomic E-state index is 0.0525. The number of likely N-dealkylation sites (tertiary alicyclic amines) is 1. The highest BCUT2D eigenvalue weighted by Gasteiger charge is 2.29. The highest BCUT2D eigenvalue weighted by molar-refractivity contribution is 7.10. The molecule has 7 heteroatoms. The Bertz CT molecular complexity index is 792. The predicted molar refractivity (Wildman–Crippen MR) is 96.6 cm³/mol. The predicted octanol–water partition coefficient (Wildman–Crippen LogP) is 1.96. The lowest BCUT2D eigenvalue weighted by atomic mass is 9.90. The van der Waals surface area contributed by atoms with Crippen molar-refractivity contribution in [2.45, 2.75) is 39.2 Å². The first-order chi connectivity index (χ1) is 12.0. The van der Waals surface area contributed by atoms with Crippen molar-refractivity contribution in [3.05, 3.63) is 49.8 Å². The molecule has 6 nitrogen and oxygen atoms in total. The number of amides is 1. The number of nitrogens with zero attached hydrogens (tertiary/aromatic N) is 2. The summed E-state index contributed by atoms with van der Waals surface area (Å²) in [5.74, 6) is 0.680. The third kappa shape index (κ3) is 3.99. The van der Waals surface area contributed by atoms with Crippen LogP contribution < -0.4 is 5.56 Å². The number of aromatic nitrogens is 2. The molecule has 0 spiro atoms. The number of hydrogen-bond acceptors (Lipinski definition) is 5. The first-order valence-corrected chi connectivity index (χ1v) is 9.39. The maximum Gasteiger partial charge on any atom is 0.254 e. The first-order valence-electron chi connectivity index (χ1n) is 8.51. The summed E-state index contributed by atoms with van der Waals surface area (Å²) in [6, 6.07) is 3.89. The number of carbonyl (C=O) groups is 1. The number of H-pyrrole nitrogens is 1. The lowest BCUT2D eigenvalue weighted by molar-refractivity contribution is -0.132. The summed E-state index contributed by atoms with van der Waals surface area (Å²) in [4.78, 5) is 34.3. The number of carbonyl (C=O) groups excluding carboxylic acids is 1. The number of nitrogens with one attached hydrogen (secondary N) is 1. The van der Waals surface area contributed by atoms with E-state index >= 15 is 0 Å². The van der Waals surface area contributed by atoms with Crippen LogP contribution in [0.5, 0.6) is 0 Å². The van der Waals surface area contributed by atoms with Gasteiger partial charge in [0.15, 0.2) is 0 Å². The average molecular weight is 361 g/mol. The van der Waals surface area contributed by atoms with E-state index in [0.717, 1.165) is 17.7 Å². The summed E-state index contributed by atoms with van der Waals surface area (Å²) in [6.07, 6.45) is 1.16. The molecule has 1 aliphatic rings. The van der Waals surface area contributed by atoms with E-state index in [4.69, 9.17) is 0 Å². The molecule has 1 unspecified atom stereocenters. The van der Waals surface area contributed by atoms with Crippen LogP contribution in [0.3, 0.4) is 0 Å². The highest BCUT2D eigenvalue weighted by atomic mass is 32.1. The Morgan fingerprint density at radius 3 is 2.76 bits per heavy atom. The Kier molecular flexibility index (Phi) is 5.34. The molecule has 0 aromatic carbocycles. The monoisotopic (exact) mass is 361 g/mol. The van der Waals surface area contributed by atoms with Gasteiger partial charge in [-0.2, -0.15) is 0 Å². The molecule has 25 heavy (non-hydrogen) atoms. The van der Waals surface area contributed by atoms with Crippen molar-refractivity contribution in [1.82, 2.24) is 14.9 Å². The Morgan fingerprint density at radius 2 is 2.16 bits per heavy atom. The van der Waals surface area contributed by atoms with Crippen LogP contribution in [0.25, 0.3) is 0 Å². The summed E-state index contributed by atoms with van der Waals surface area (Å²) >= 11 is 1.56. The van der Waals surface area contributed by atoms with Crippen LogP contribution in [0.4, 0.5) is 0 Å². The van der Waals surface area contributed by atoms with Crippen LogP contribution >= 0.6 is 11.3 Å². The number of aliphatic hydroxyl groups excluding tert-OH is 1. The van der Waals surface area contributed by atoms with Gasteiger partial charge in [-0.3, -0.25) is 9.59 Å². The minimum atomic E-state index is -0.455. The number of rotatable bonds is 4. The van der Waals surface area contributed by atoms with E-state index in [1.54, 1.807) is 30.1 Å². The molecule has 0 bridgehead atoms. The van der Waals surface area contributed by atoms with E-state index in [1.807, 2.05) is 17.5 Å². The Balaban J connectivity index is 1.60. The van der Waals surface area contributed by atoms with Crippen molar-refractivity contribution < 1.29 is 9.90 Å². The molecule has 1 atom stereocenters. The molecule has 0 aliphatic carbocycles. The molecule has 1 fully saturated rings. The third-order valence-corrected chi connectivity index (χ3v) is 5.79. The van der Waals surface area contributed by atoms with Crippen molar-refractivity contribution in [2.75, 3.05) is 13.1 Å². The Morgan fingerprint density at radius 1 is 1.44 bits per heavy atom. The summed E-state index contributed by atoms with van der Waals surface area (Å²) in [5, 5.41) is 12.4. The number of hydrogen-bond donors (Lipinski definition) is 2. The van der Waals surface area contributed by atoms with Gasteiger partial charge in [0.2, 0.25) is 5.91 Å². The van der Waals surface area contributed by atoms with Gasteiger partial charge in [-0.05, 0) is 44.1 Å². The van der Waals surface area contributed by atoms with Crippen molar-refractivity contribution in [2.24, 2.45) is 5.92 Å². The molecule has 2 aromatic rings. The van der Waals surface area contributed by atoms with Gasteiger partial charge in [-0.25, -0.2) is 4.98 Å². The van der Waals surface area contributed by atoms with Gasteiger partial charge in [0, 0.05) is 29.2 Å². The van der Waals surface area contributed by atoms with Crippen LogP contribution in [0.2, 0.25) is 0 Å². The summed E-state index contributed by atoms with van der Waals surface area (Å²) in [6.45, 7) is 4.71. The average Bonchev–Trinajstić information content (AvgIpc) is 3.12. The van der Waals surface area contributed by atoms with E-state index in [2.05, 4.69) is 9.97 Å². The van der Waals surface area contributed by atoms with Gasteiger partial charge in [0.05, 0.1) is 12.5 Å². The summed E-state index contributed by atoms with van der Waals surface area (Å²) in [7, 11) is 0. The minimum Gasteiger partial charge on any atom is -0.387 e. The summed E-state index contributed by atoms with van der Waals surface area (Å²) in [5.41, 5.74) is 0.815. The molecule has 3 heterocycles. The second-order valence-corrected chi connectivity index (χ2v) is 7.55. The number of aliphatic hydroxyl groups is 1. The molecule has 1 aliphatic heterocycles. The van der Waals surface area contributed by atoms with Crippen molar-refractivity contribution in [3.63, 3.8) is 0 Å². The molecule has 0 saturated carbocycles. The van der Waals surface area contributed by atoms with Crippen LogP contribution in [0.15, 0.2) is 22.3 Å². The van der Waals surface area contributed by atoms with Gasteiger partial charge < -0.3 is 15.0 Å². The topological polar surface area (TPSA) is 86.3 Å². The van der Waals surface area contributed by atoms with Crippen molar-refractivity contribution >= 4 is 17.2 Å². The van der Waals surface area contributed by atoms with Gasteiger partial charge in [-0.1, -0.05) is 6.07 Å². The zero-order valence-electron chi connectivity index (χ0n) is 14.5. The third-order valence-electron chi connectivity index (χ3n) is 4.84. The molecular formula is C18H23N3O3S. The van der Waals surface area contributed by atoms with Crippen molar-refractivity contribution in [3.8, 4) is 0 Å². The molecule has 3 rings (SSSR count). The van der Waals surface area contributed by atoms with Crippen LogP contribution in [-0.2, 0) is 11.2 Å². The van der Waals surface area contributed by atoms with E-state index in [1.165, 1.54) is 0 Å². The smallest absolute Gasteiger partial charge is 0.254 e. The van der Waals surface area contributed by atoms with E-state index < -0.39 is 6.10 Å². The second-order valence-electron chi connectivity index (χ2n) is 6.57. The molecule has 2 aromatic heterocycles. The molecule has 0 radical (unpaired) electrons. The van der Waals surface area contributed by atoms with E-state index in [9.17, 15) is 14.7 Å². The molecule has 1 saturated heterocycles. The molecule has 2 N–H and O–H groups in total. The van der Waals surface area contributed by atoms with E-state index in [0.29, 0.717) is 30.2 Å². The molecular weight excluding hydrogens is 338 g/mol. The molecule has 134 valence electrons. The number of aromatic amines is 1. The van der Waals surface area contributed by atoms with Gasteiger partial charge >= 0.3 is 0 Å². The fourth-order valence-corrected chi connectivity index (χ4v) is 4.18. The SMILES string of the molecule is Cc1nc(C)c(CC(=O)N2CCC(C(O)c3cccs3)CC2)c(=O)[nH]1. The summed E-state index contributed by atoms with van der Waals surface area (Å²) < 4.78 is 0. The standard InChI is InChI=1S/C18H23N3O3S/c1-11-14(18(24)20-12(2)19-11)10-16(22)21-7-5-13(6-8-21)17(23)15-4-3-9-25-15/h3-4,9,13,17,23H,5-8,10H2,1-2H3,(H,19,20,24). The number of aryl methyl sites for hydroxylation is 2. The second kappa shape index (κ2) is 7.49. The molecule has 1 amide bonds. The highest BCUT2D eigenvalue weighted by Crippen LogP contribution is 2.33. The zero-order valence-corrected chi connectivity index (χ0v) is 15.3. The van der Waals surface area contributed by atoms with Gasteiger partial charge in [0.25, 0.3) is 5.56 Å². The van der Waals surface area contributed by atoms with Gasteiger partial charge in [-0.15, -0.1) is 11.3 Å². The Hall–Kier alpha value is -1.99.